The largest absolute Gasteiger partial charge is 0.472 e. The smallest absolute Gasteiger partial charge is 0.462 e. The van der Waals surface area contributed by atoms with Crippen LogP contribution in [-0.2, 0) is 65.4 Å². The van der Waals surface area contributed by atoms with Gasteiger partial charge >= 0.3 is 39.5 Å². The summed E-state index contributed by atoms with van der Waals surface area (Å²) >= 11 is 0. The molecule has 5 atom stereocenters. The molecule has 0 radical (unpaired) electrons. The molecule has 96 heavy (non-hydrogen) atoms. The van der Waals surface area contributed by atoms with Crippen molar-refractivity contribution in [2.45, 2.75) is 419 Å². The Morgan fingerprint density at radius 2 is 0.479 bits per heavy atom. The zero-order chi connectivity index (χ0) is 70.7. The summed E-state index contributed by atoms with van der Waals surface area (Å²) in [5.74, 6) is -0.513. The normalized spacial score (nSPS) is 14.0. The van der Waals surface area contributed by atoms with Gasteiger partial charge in [0, 0.05) is 25.7 Å². The van der Waals surface area contributed by atoms with Crippen LogP contribution < -0.4 is 0 Å². The Hall–Kier alpha value is -1.94. The lowest BCUT2D eigenvalue weighted by Gasteiger charge is -2.21. The molecule has 0 aliphatic carbocycles. The highest BCUT2D eigenvalue weighted by molar-refractivity contribution is 7.47. The van der Waals surface area contributed by atoms with Gasteiger partial charge in [-0.15, -0.1) is 0 Å². The van der Waals surface area contributed by atoms with Gasteiger partial charge in [0.05, 0.1) is 26.4 Å². The number of hydrogen-bond acceptors (Lipinski definition) is 15. The summed E-state index contributed by atoms with van der Waals surface area (Å²) in [6, 6.07) is 0. The molecular formula is C77H150O17P2. The molecule has 0 aliphatic heterocycles. The molecule has 0 saturated carbocycles. The fraction of sp³-hybridized carbons (Fsp3) is 0.948. The first-order valence-corrected chi connectivity index (χ1v) is 43.0. The molecule has 570 valence electrons. The summed E-state index contributed by atoms with van der Waals surface area (Å²) in [5.41, 5.74) is 0. The molecule has 19 heteroatoms. The number of aliphatic hydroxyl groups is 1. The summed E-state index contributed by atoms with van der Waals surface area (Å²) in [7, 11) is -9.91. The van der Waals surface area contributed by atoms with Gasteiger partial charge in [-0.05, 0) is 37.5 Å². The third kappa shape index (κ3) is 70.5. The third-order valence-electron chi connectivity index (χ3n) is 18.0. The van der Waals surface area contributed by atoms with E-state index in [0.717, 1.165) is 102 Å². The fourth-order valence-electron chi connectivity index (χ4n) is 11.8. The van der Waals surface area contributed by atoms with E-state index in [2.05, 4.69) is 41.5 Å². The monoisotopic (exact) mass is 1410 g/mol. The second kappa shape index (κ2) is 68.8. The quantitative estimate of drug-likeness (QED) is 0.0222. The minimum Gasteiger partial charge on any atom is -0.462 e. The maximum Gasteiger partial charge on any atom is 0.472 e. The zero-order valence-corrected chi connectivity index (χ0v) is 64.5. The summed E-state index contributed by atoms with van der Waals surface area (Å²) in [4.78, 5) is 72.7. The number of esters is 4. The molecule has 0 bridgehead atoms. The van der Waals surface area contributed by atoms with E-state index in [-0.39, 0.29) is 25.7 Å². The summed E-state index contributed by atoms with van der Waals surface area (Å²) < 4.78 is 68.5. The zero-order valence-electron chi connectivity index (χ0n) is 62.7. The first-order valence-electron chi connectivity index (χ1n) is 40.0. The lowest BCUT2D eigenvalue weighted by atomic mass is 10.0. The first-order chi connectivity index (χ1) is 46.4. The van der Waals surface area contributed by atoms with Crippen molar-refractivity contribution < 1.29 is 80.2 Å². The van der Waals surface area contributed by atoms with Crippen LogP contribution in [0.25, 0.3) is 0 Å². The Labute approximate surface area is 588 Å². The predicted molar refractivity (Wildman–Crippen MR) is 391 cm³/mol. The second-order valence-electron chi connectivity index (χ2n) is 28.7. The first kappa shape index (κ1) is 94.1. The maximum atomic E-state index is 13.1. The molecule has 3 N–H and O–H groups in total. The molecule has 0 aromatic carbocycles. The van der Waals surface area contributed by atoms with Gasteiger partial charge in [-0.1, -0.05) is 350 Å². The van der Waals surface area contributed by atoms with E-state index in [9.17, 15) is 43.2 Å². The molecule has 2 unspecified atom stereocenters. The summed E-state index contributed by atoms with van der Waals surface area (Å²) in [5, 5.41) is 10.6. The van der Waals surface area contributed by atoms with Crippen molar-refractivity contribution in [1.29, 1.82) is 0 Å². The number of phosphoric ester groups is 2. The molecule has 0 fully saturated rings. The van der Waals surface area contributed by atoms with Gasteiger partial charge in [-0.3, -0.25) is 37.3 Å². The molecule has 0 rings (SSSR count). The Bertz CT molecular complexity index is 1860. The SMILES string of the molecule is CCCCCCCCCCCCCC(=O)O[C@H](COC(=O)CCCCCCCCCCC)COP(=O)(O)OC[C@H](O)COP(=O)(O)OC[C@@H](COC(=O)CCCCCCCCCCCCCCC(C)C)OC(=O)CCCCCCCCCCCCCCCCCCCCC(C)C. The van der Waals surface area contributed by atoms with E-state index < -0.39 is 97.5 Å². The van der Waals surface area contributed by atoms with Gasteiger partial charge in [0.2, 0.25) is 0 Å². The second-order valence-corrected chi connectivity index (χ2v) is 31.6. The molecule has 0 heterocycles. The van der Waals surface area contributed by atoms with Crippen LogP contribution in [0, 0.1) is 11.8 Å². The average molecular weight is 1410 g/mol. The number of rotatable bonds is 76. The van der Waals surface area contributed by atoms with E-state index >= 15 is 0 Å². The van der Waals surface area contributed by atoms with Crippen molar-refractivity contribution in [1.82, 2.24) is 0 Å². The molecule has 0 aromatic heterocycles. The van der Waals surface area contributed by atoms with Gasteiger partial charge in [-0.2, -0.15) is 0 Å². The lowest BCUT2D eigenvalue weighted by molar-refractivity contribution is -0.161. The van der Waals surface area contributed by atoms with Crippen molar-refractivity contribution in [2.24, 2.45) is 11.8 Å². The van der Waals surface area contributed by atoms with E-state index in [1.165, 1.54) is 218 Å². The van der Waals surface area contributed by atoms with Gasteiger partial charge in [0.25, 0.3) is 0 Å². The highest BCUT2D eigenvalue weighted by Crippen LogP contribution is 2.45. The third-order valence-corrected chi connectivity index (χ3v) is 19.9. The Balaban J connectivity index is 5.19. The molecule has 0 aliphatic rings. The standard InChI is InChI=1S/C77H150O17P2/c1-7-9-11-13-15-17-28-37-43-49-55-61-76(81)93-72(65-87-74(79)59-53-47-41-33-16-14-12-10-8-2)67-91-95(83,84)89-63-71(78)64-90-96(85,86)92-68-73(66-88-75(80)60-54-48-42-36-31-27-26-30-35-40-46-52-58-70(5)6)94-77(82)62-56-50-44-38-32-25-23-21-19-18-20-22-24-29-34-39-45-51-57-69(3)4/h69-73,78H,7-68H2,1-6H3,(H,83,84)(H,85,86)/t71-,72+,73+/m0/s1. The highest BCUT2D eigenvalue weighted by Gasteiger charge is 2.30. The molecule has 17 nitrogen and oxygen atoms in total. The molecule has 0 amide bonds. The number of aliphatic hydroxyl groups excluding tert-OH is 1. The lowest BCUT2D eigenvalue weighted by Crippen LogP contribution is -2.30. The van der Waals surface area contributed by atoms with Crippen LogP contribution in [-0.4, -0.2) is 96.7 Å². The van der Waals surface area contributed by atoms with E-state index in [1.54, 1.807) is 0 Å². The number of carbonyl (C=O) groups is 4. The average Bonchev–Trinajstić information content (AvgIpc) is 1.09. The van der Waals surface area contributed by atoms with E-state index in [0.29, 0.717) is 25.7 Å². The van der Waals surface area contributed by atoms with Crippen molar-refractivity contribution in [3.05, 3.63) is 0 Å². The van der Waals surface area contributed by atoms with Crippen molar-refractivity contribution in [3.8, 4) is 0 Å². The van der Waals surface area contributed by atoms with Gasteiger partial charge < -0.3 is 33.8 Å². The Morgan fingerprint density at radius 3 is 0.708 bits per heavy atom. The number of ether oxygens (including phenoxy) is 4. The molecule has 0 aromatic rings. The van der Waals surface area contributed by atoms with Crippen LogP contribution in [0.15, 0.2) is 0 Å². The van der Waals surface area contributed by atoms with Crippen molar-refractivity contribution in [2.75, 3.05) is 39.6 Å². The minimum absolute atomic E-state index is 0.107. The number of hydrogen-bond donors (Lipinski definition) is 3. The summed E-state index contributed by atoms with van der Waals surface area (Å²) in [6.45, 7) is 9.63. The Kier molecular flexibility index (Phi) is 67.4. The number of unbranched alkanes of at least 4 members (excludes halogenated alkanes) is 46. The number of phosphoric acid groups is 2. The molecule has 0 spiro atoms. The van der Waals surface area contributed by atoms with Crippen LogP contribution in [0.3, 0.4) is 0 Å². The predicted octanol–water partition coefficient (Wildman–Crippen LogP) is 22.7. The van der Waals surface area contributed by atoms with Crippen molar-refractivity contribution >= 4 is 39.5 Å². The maximum absolute atomic E-state index is 13.1. The number of carbonyl (C=O) groups excluding carboxylic acids is 4. The van der Waals surface area contributed by atoms with E-state index in [1.807, 2.05) is 0 Å². The molecule has 0 saturated heterocycles. The van der Waals surface area contributed by atoms with Crippen molar-refractivity contribution in [3.63, 3.8) is 0 Å². The fourth-order valence-corrected chi connectivity index (χ4v) is 13.4. The van der Waals surface area contributed by atoms with E-state index in [4.69, 9.17) is 37.0 Å². The highest BCUT2D eigenvalue weighted by atomic mass is 31.2. The summed E-state index contributed by atoms with van der Waals surface area (Å²) in [6.07, 6.45) is 56.9. The van der Waals surface area contributed by atoms with Crippen LogP contribution in [0.5, 0.6) is 0 Å². The molecular weight excluding hydrogens is 1260 g/mol. The van der Waals surface area contributed by atoms with Crippen LogP contribution in [0.2, 0.25) is 0 Å². The Morgan fingerprint density at radius 1 is 0.281 bits per heavy atom. The van der Waals surface area contributed by atoms with Gasteiger partial charge in [0.15, 0.2) is 12.2 Å². The van der Waals surface area contributed by atoms with Crippen LogP contribution in [0.4, 0.5) is 0 Å². The minimum atomic E-state index is -4.96. The topological polar surface area (TPSA) is 237 Å². The van der Waals surface area contributed by atoms with Crippen LogP contribution in [0.1, 0.15) is 401 Å². The van der Waals surface area contributed by atoms with Crippen LogP contribution >= 0.6 is 15.6 Å². The van der Waals surface area contributed by atoms with Gasteiger partial charge in [-0.25, -0.2) is 9.13 Å². The van der Waals surface area contributed by atoms with Gasteiger partial charge in [0.1, 0.15) is 19.3 Å².